The van der Waals surface area contributed by atoms with Crippen LogP contribution in [0.1, 0.15) is 0 Å². The van der Waals surface area contributed by atoms with E-state index in [9.17, 15) is 0 Å². The van der Waals surface area contributed by atoms with Gasteiger partial charge in [-0.2, -0.15) is 0 Å². The molecule has 0 aliphatic carbocycles. The Morgan fingerprint density at radius 1 is 0.327 bits per heavy atom. The summed E-state index contributed by atoms with van der Waals surface area (Å²) in [6, 6.07) is 70.8. The summed E-state index contributed by atoms with van der Waals surface area (Å²) in [6.45, 7) is 0. The predicted octanol–water partition coefficient (Wildman–Crippen LogP) is 15.1. The molecule has 2 aromatic heterocycles. The first-order chi connectivity index (χ1) is 27.3. The van der Waals surface area contributed by atoms with Crippen molar-refractivity contribution in [3.63, 3.8) is 0 Å². The van der Waals surface area contributed by atoms with Gasteiger partial charge in [0, 0.05) is 38.5 Å². The molecular formula is C52H33NO2. The molecule has 258 valence electrons. The predicted molar refractivity (Wildman–Crippen MR) is 229 cm³/mol. The molecule has 11 aromatic rings. The average molecular weight is 704 g/mol. The molecule has 0 saturated carbocycles. The summed E-state index contributed by atoms with van der Waals surface area (Å²) in [6.07, 6.45) is 0. The highest BCUT2D eigenvalue weighted by Gasteiger charge is 2.22. The molecule has 0 aliphatic heterocycles. The number of para-hydroxylation sites is 3. The highest BCUT2D eigenvalue weighted by Crippen LogP contribution is 2.46. The molecule has 3 heteroatoms. The summed E-state index contributed by atoms with van der Waals surface area (Å²) < 4.78 is 13.2. The number of anilines is 3. The van der Waals surface area contributed by atoms with Gasteiger partial charge < -0.3 is 13.7 Å². The third-order valence-electron chi connectivity index (χ3n) is 10.9. The minimum atomic E-state index is 0.843. The van der Waals surface area contributed by atoms with Crippen molar-refractivity contribution >= 4 is 71.7 Å². The van der Waals surface area contributed by atoms with Crippen LogP contribution in [0.4, 0.5) is 17.1 Å². The van der Waals surface area contributed by atoms with Crippen LogP contribution in [-0.2, 0) is 0 Å². The Hall–Kier alpha value is -7.36. The second kappa shape index (κ2) is 12.6. The minimum absolute atomic E-state index is 0.843. The van der Waals surface area contributed by atoms with Crippen molar-refractivity contribution in [3.8, 4) is 33.4 Å². The van der Waals surface area contributed by atoms with Crippen LogP contribution < -0.4 is 4.90 Å². The van der Waals surface area contributed by atoms with E-state index >= 15 is 0 Å². The maximum Gasteiger partial charge on any atom is 0.159 e. The second-order valence-corrected chi connectivity index (χ2v) is 14.0. The van der Waals surface area contributed by atoms with E-state index in [2.05, 4.69) is 187 Å². The number of nitrogens with zero attached hydrogens (tertiary/aromatic N) is 1. The normalized spacial score (nSPS) is 11.6. The van der Waals surface area contributed by atoms with E-state index in [-0.39, 0.29) is 0 Å². The van der Waals surface area contributed by atoms with Gasteiger partial charge in [-0.15, -0.1) is 0 Å². The van der Waals surface area contributed by atoms with Gasteiger partial charge in [-0.3, -0.25) is 0 Å². The molecule has 0 bridgehead atoms. The van der Waals surface area contributed by atoms with E-state index in [4.69, 9.17) is 8.83 Å². The van der Waals surface area contributed by atoms with Crippen LogP contribution in [0, 0.1) is 0 Å². The van der Waals surface area contributed by atoms with E-state index in [1.165, 1.54) is 16.3 Å². The molecule has 9 aromatic carbocycles. The van der Waals surface area contributed by atoms with Crippen LogP contribution in [0.3, 0.4) is 0 Å². The first kappa shape index (κ1) is 31.2. The minimum Gasteiger partial charge on any atom is -0.456 e. The lowest BCUT2D eigenvalue weighted by Crippen LogP contribution is -2.10. The molecule has 0 N–H and O–H groups in total. The third-order valence-corrected chi connectivity index (χ3v) is 10.9. The number of benzene rings is 9. The Morgan fingerprint density at radius 3 is 1.82 bits per heavy atom. The van der Waals surface area contributed by atoms with Crippen LogP contribution in [0.2, 0.25) is 0 Å². The molecule has 2 heterocycles. The van der Waals surface area contributed by atoms with Crippen molar-refractivity contribution in [1.29, 1.82) is 0 Å². The van der Waals surface area contributed by atoms with Gasteiger partial charge in [0.2, 0.25) is 0 Å². The van der Waals surface area contributed by atoms with Gasteiger partial charge in [-0.05, 0) is 81.1 Å². The van der Waals surface area contributed by atoms with Crippen LogP contribution in [-0.4, -0.2) is 0 Å². The van der Waals surface area contributed by atoms with Crippen molar-refractivity contribution in [3.05, 3.63) is 200 Å². The lowest BCUT2D eigenvalue weighted by molar-refractivity contribution is 0.669. The van der Waals surface area contributed by atoms with Gasteiger partial charge in [0.1, 0.15) is 16.7 Å². The molecule has 0 amide bonds. The molecule has 0 atom stereocenters. The number of rotatable bonds is 6. The van der Waals surface area contributed by atoms with Gasteiger partial charge in [0.15, 0.2) is 5.58 Å². The zero-order valence-electron chi connectivity index (χ0n) is 29.8. The smallest absolute Gasteiger partial charge is 0.159 e. The number of furan rings is 2. The van der Waals surface area contributed by atoms with Crippen LogP contribution in [0.15, 0.2) is 209 Å². The molecule has 0 saturated heterocycles. The molecule has 55 heavy (non-hydrogen) atoms. The lowest BCUT2D eigenvalue weighted by atomic mass is 9.97. The summed E-state index contributed by atoms with van der Waals surface area (Å²) in [5.41, 5.74) is 13.4. The summed E-state index contributed by atoms with van der Waals surface area (Å²) in [5, 5.41) is 6.88. The molecule has 11 rings (SSSR count). The molecule has 0 fully saturated rings. The molecule has 0 radical (unpaired) electrons. The highest BCUT2D eigenvalue weighted by atomic mass is 16.3. The molecular weight excluding hydrogens is 671 g/mol. The van der Waals surface area contributed by atoms with Gasteiger partial charge in [0.25, 0.3) is 0 Å². The number of hydrogen-bond donors (Lipinski definition) is 0. The summed E-state index contributed by atoms with van der Waals surface area (Å²) in [5.74, 6) is 0. The highest BCUT2D eigenvalue weighted by molar-refractivity contribution is 6.14. The van der Waals surface area contributed by atoms with Crippen LogP contribution >= 0.6 is 0 Å². The van der Waals surface area contributed by atoms with E-state index in [0.29, 0.717) is 0 Å². The Balaban J connectivity index is 1.12. The van der Waals surface area contributed by atoms with E-state index in [1.807, 2.05) is 18.2 Å². The summed E-state index contributed by atoms with van der Waals surface area (Å²) in [4.78, 5) is 2.33. The first-order valence-corrected chi connectivity index (χ1v) is 18.7. The molecule has 0 spiro atoms. The largest absolute Gasteiger partial charge is 0.456 e. The fourth-order valence-electron chi connectivity index (χ4n) is 8.35. The first-order valence-electron chi connectivity index (χ1n) is 18.7. The van der Waals surface area contributed by atoms with Crippen molar-refractivity contribution in [1.82, 2.24) is 0 Å². The Morgan fingerprint density at radius 2 is 0.927 bits per heavy atom. The van der Waals surface area contributed by atoms with Crippen LogP contribution in [0.25, 0.3) is 88.0 Å². The van der Waals surface area contributed by atoms with Gasteiger partial charge in [-0.25, -0.2) is 0 Å². The second-order valence-electron chi connectivity index (χ2n) is 14.0. The summed E-state index contributed by atoms with van der Waals surface area (Å²) >= 11 is 0. The lowest BCUT2D eigenvalue weighted by Gasteiger charge is -2.26. The van der Waals surface area contributed by atoms with Crippen molar-refractivity contribution in [2.75, 3.05) is 4.90 Å². The molecule has 0 unspecified atom stereocenters. The zero-order valence-corrected chi connectivity index (χ0v) is 29.8. The third kappa shape index (κ3) is 5.13. The summed E-state index contributed by atoms with van der Waals surface area (Å²) in [7, 11) is 0. The van der Waals surface area contributed by atoms with Gasteiger partial charge in [-0.1, -0.05) is 158 Å². The van der Waals surface area contributed by atoms with Gasteiger partial charge in [0.05, 0.1) is 5.69 Å². The standard InChI is InChI=1S/C52H33NO2/c1-2-13-35(14-3-1)43-23-10-24-44-45-25-11-26-47(52(45)55-51(43)44)53(39-18-8-17-37(33-39)41-21-9-16-34-15-4-5-19-40(34)41)38-31-29-36(30-32-38)42-22-12-28-49-50(42)46-20-6-7-27-48(46)54-49/h1-33H. The Labute approximate surface area is 317 Å². The van der Waals surface area contributed by atoms with E-state index in [0.717, 1.165) is 88.8 Å². The van der Waals surface area contributed by atoms with Crippen molar-refractivity contribution in [2.45, 2.75) is 0 Å². The molecule has 3 nitrogen and oxygen atoms in total. The van der Waals surface area contributed by atoms with Crippen molar-refractivity contribution < 1.29 is 8.83 Å². The topological polar surface area (TPSA) is 29.5 Å². The van der Waals surface area contributed by atoms with Crippen LogP contribution in [0.5, 0.6) is 0 Å². The maximum absolute atomic E-state index is 6.99. The Bertz CT molecular complexity index is 3200. The monoisotopic (exact) mass is 703 g/mol. The zero-order chi connectivity index (χ0) is 36.3. The number of fused-ring (bicyclic) bond motifs is 7. The fourth-order valence-corrected chi connectivity index (χ4v) is 8.35. The van der Waals surface area contributed by atoms with E-state index in [1.54, 1.807) is 0 Å². The average Bonchev–Trinajstić information content (AvgIpc) is 3.84. The maximum atomic E-state index is 6.99. The number of hydrogen-bond acceptors (Lipinski definition) is 3. The van der Waals surface area contributed by atoms with Gasteiger partial charge >= 0.3 is 0 Å². The Kier molecular flexibility index (Phi) is 7.17. The van der Waals surface area contributed by atoms with Crippen molar-refractivity contribution in [2.24, 2.45) is 0 Å². The quantitative estimate of drug-likeness (QED) is 0.173. The molecule has 0 aliphatic rings. The van der Waals surface area contributed by atoms with E-state index < -0.39 is 0 Å². The SMILES string of the molecule is c1ccc(-c2cccc3c2oc2c(N(c4ccc(-c5cccc6oc7ccccc7c56)cc4)c4cccc(-c5cccc6ccccc56)c4)cccc23)cc1. The fraction of sp³-hybridized carbons (Fsp3) is 0.